The Morgan fingerprint density at radius 1 is 1.00 bits per heavy atom. The number of hydrogen-bond donors (Lipinski definition) is 1. The molecule has 0 spiro atoms. The van der Waals surface area contributed by atoms with Crippen LogP contribution >= 0.6 is 0 Å². The summed E-state index contributed by atoms with van der Waals surface area (Å²) in [7, 11) is 0. The Morgan fingerprint density at radius 3 is 2.62 bits per heavy atom. The van der Waals surface area contributed by atoms with Crippen molar-refractivity contribution in [3.63, 3.8) is 0 Å². The van der Waals surface area contributed by atoms with Crippen molar-refractivity contribution < 1.29 is 13.9 Å². The number of carbonyl (C=O) groups is 1. The van der Waals surface area contributed by atoms with E-state index in [-0.39, 0.29) is 12.5 Å². The van der Waals surface area contributed by atoms with Crippen LogP contribution in [-0.2, 0) is 4.79 Å². The third-order valence-electron chi connectivity index (χ3n) is 3.90. The second-order valence-corrected chi connectivity index (χ2v) is 5.64. The van der Waals surface area contributed by atoms with Crippen molar-refractivity contribution in [2.75, 3.05) is 11.9 Å². The fourth-order valence-electron chi connectivity index (χ4n) is 2.71. The van der Waals surface area contributed by atoms with E-state index < -0.39 is 5.63 Å². The van der Waals surface area contributed by atoms with Crippen molar-refractivity contribution in [1.29, 1.82) is 0 Å². The molecule has 128 valence electrons. The molecule has 0 bridgehead atoms. The van der Waals surface area contributed by atoms with Crippen LogP contribution in [0, 0.1) is 0 Å². The zero-order valence-electron chi connectivity index (χ0n) is 13.6. The van der Waals surface area contributed by atoms with Gasteiger partial charge >= 0.3 is 5.63 Å². The zero-order valence-corrected chi connectivity index (χ0v) is 13.6. The topological polar surface area (TPSA) is 81.4 Å². The molecule has 2 aromatic heterocycles. The van der Waals surface area contributed by atoms with Gasteiger partial charge in [0, 0.05) is 17.6 Å². The number of hydrogen-bond acceptors (Lipinski definition) is 5. The standard InChI is InChI=1S/C20H14N2O4/c23-19(22-18-7-3-4-10-21-18)12-25-13-8-9-15-14-5-1-2-6-16(14)20(24)26-17(15)11-13/h1-11H,12H2,(H,21,22,23). The van der Waals surface area contributed by atoms with E-state index in [1.165, 1.54) is 0 Å². The molecule has 0 saturated heterocycles. The fraction of sp³-hybridized carbons (Fsp3) is 0.0500. The highest BCUT2D eigenvalue weighted by Gasteiger charge is 2.09. The molecule has 0 saturated carbocycles. The Morgan fingerprint density at radius 2 is 1.81 bits per heavy atom. The largest absolute Gasteiger partial charge is 0.484 e. The summed E-state index contributed by atoms with van der Waals surface area (Å²) in [6.07, 6.45) is 1.59. The van der Waals surface area contributed by atoms with Crippen molar-refractivity contribution in [1.82, 2.24) is 4.98 Å². The van der Waals surface area contributed by atoms with Crippen LogP contribution < -0.4 is 15.7 Å². The molecule has 0 radical (unpaired) electrons. The van der Waals surface area contributed by atoms with E-state index in [9.17, 15) is 9.59 Å². The van der Waals surface area contributed by atoms with E-state index in [0.29, 0.717) is 22.5 Å². The van der Waals surface area contributed by atoms with E-state index in [4.69, 9.17) is 9.15 Å². The summed E-state index contributed by atoms with van der Waals surface area (Å²) in [5.41, 5.74) is 0.00878. The lowest BCUT2D eigenvalue weighted by Gasteiger charge is -2.08. The molecule has 0 aliphatic rings. The molecule has 0 aliphatic heterocycles. The highest BCUT2D eigenvalue weighted by atomic mass is 16.5. The molecular weight excluding hydrogens is 332 g/mol. The van der Waals surface area contributed by atoms with E-state index in [1.54, 1.807) is 48.7 Å². The van der Waals surface area contributed by atoms with Crippen LogP contribution in [0.25, 0.3) is 21.7 Å². The van der Waals surface area contributed by atoms with Crippen molar-refractivity contribution >= 4 is 33.5 Å². The summed E-state index contributed by atoms with van der Waals surface area (Å²) in [6, 6.07) is 17.6. The van der Waals surface area contributed by atoms with Crippen LogP contribution in [0.2, 0.25) is 0 Å². The Bertz CT molecular complexity index is 1150. The summed E-state index contributed by atoms with van der Waals surface area (Å²) < 4.78 is 10.9. The highest BCUT2D eigenvalue weighted by molar-refractivity contribution is 6.04. The van der Waals surface area contributed by atoms with Gasteiger partial charge < -0.3 is 14.5 Å². The first-order chi connectivity index (χ1) is 12.7. The molecule has 0 fully saturated rings. The SMILES string of the molecule is O=C(COc1ccc2c(c1)oc(=O)c1ccccc12)Nc1ccccn1. The second-order valence-electron chi connectivity index (χ2n) is 5.64. The molecule has 1 N–H and O–H groups in total. The van der Waals surface area contributed by atoms with E-state index in [2.05, 4.69) is 10.3 Å². The maximum atomic E-state index is 12.1. The molecule has 0 unspecified atom stereocenters. The molecular formula is C20H14N2O4. The molecule has 1 amide bonds. The normalized spacial score (nSPS) is 10.8. The van der Waals surface area contributed by atoms with Crippen molar-refractivity contribution in [2.45, 2.75) is 0 Å². The summed E-state index contributed by atoms with van der Waals surface area (Å²) >= 11 is 0. The molecule has 4 aromatic rings. The van der Waals surface area contributed by atoms with Gasteiger partial charge in [-0.25, -0.2) is 9.78 Å². The minimum Gasteiger partial charge on any atom is -0.484 e. The molecule has 0 atom stereocenters. The first-order valence-corrected chi connectivity index (χ1v) is 8.00. The van der Waals surface area contributed by atoms with Gasteiger partial charge in [0.15, 0.2) is 6.61 Å². The molecule has 0 aliphatic carbocycles. The van der Waals surface area contributed by atoms with Crippen LogP contribution in [0.4, 0.5) is 5.82 Å². The number of aromatic nitrogens is 1. The minimum absolute atomic E-state index is 0.181. The highest BCUT2D eigenvalue weighted by Crippen LogP contribution is 2.26. The van der Waals surface area contributed by atoms with Gasteiger partial charge in [-0.3, -0.25) is 4.79 Å². The van der Waals surface area contributed by atoms with E-state index in [0.717, 1.165) is 10.8 Å². The predicted octanol–water partition coefficient (Wildman–Crippen LogP) is 3.36. The number of anilines is 1. The van der Waals surface area contributed by atoms with Crippen molar-refractivity contribution in [2.24, 2.45) is 0 Å². The third kappa shape index (κ3) is 3.12. The van der Waals surface area contributed by atoms with Crippen molar-refractivity contribution in [3.8, 4) is 5.75 Å². The lowest BCUT2D eigenvalue weighted by Crippen LogP contribution is -2.20. The minimum atomic E-state index is -0.404. The van der Waals surface area contributed by atoms with Gasteiger partial charge in [-0.05, 0) is 35.7 Å². The number of pyridine rings is 1. The average molecular weight is 346 g/mol. The van der Waals surface area contributed by atoms with Gasteiger partial charge in [0.25, 0.3) is 5.91 Å². The monoisotopic (exact) mass is 346 g/mol. The van der Waals surface area contributed by atoms with Gasteiger partial charge in [-0.15, -0.1) is 0 Å². The molecule has 2 heterocycles. The van der Waals surface area contributed by atoms with Crippen LogP contribution in [-0.4, -0.2) is 17.5 Å². The Hall–Kier alpha value is -3.67. The second kappa shape index (κ2) is 6.68. The molecule has 4 rings (SSSR count). The third-order valence-corrected chi connectivity index (χ3v) is 3.90. The summed E-state index contributed by atoms with van der Waals surface area (Å²) in [4.78, 5) is 28.0. The summed E-state index contributed by atoms with van der Waals surface area (Å²) in [5.74, 6) is 0.563. The number of rotatable bonds is 4. The van der Waals surface area contributed by atoms with Gasteiger partial charge in [-0.2, -0.15) is 0 Å². The van der Waals surface area contributed by atoms with Gasteiger partial charge in [0.05, 0.1) is 5.39 Å². The number of fused-ring (bicyclic) bond motifs is 3. The lowest BCUT2D eigenvalue weighted by atomic mass is 10.1. The maximum absolute atomic E-state index is 12.1. The van der Waals surface area contributed by atoms with Crippen LogP contribution in [0.1, 0.15) is 0 Å². The predicted molar refractivity (Wildman–Crippen MR) is 98.4 cm³/mol. The number of carbonyl (C=O) groups excluding carboxylic acids is 1. The quantitative estimate of drug-likeness (QED) is 0.453. The number of nitrogens with zero attached hydrogens (tertiary/aromatic N) is 1. The lowest BCUT2D eigenvalue weighted by molar-refractivity contribution is -0.118. The zero-order chi connectivity index (χ0) is 17.9. The molecule has 26 heavy (non-hydrogen) atoms. The van der Waals surface area contributed by atoms with Crippen LogP contribution in [0.15, 0.2) is 76.1 Å². The maximum Gasteiger partial charge on any atom is 0.344 e. The van der Waals surface area contributed by atoms with E-state index >= 15 is 0 Å². The van der Waals surface area contributed by atoms with Gasteiger partial charge in [-0.1, -0.05) is 24.3 Å². The molecule has 2 aromatic carbocycles. The average Bonchev–Trinajstić information content (AvgIpc) is 2.67. The summed E-state index contributed by atoms with van der Waals surface area (Å²) in [5, 5.41) is 4.79. The fourth-order valence-corrected chi connectivity index (χ4v) is 2.71. The number of nitrogens with one attached hydrogen (secondary N) is 1. The number of ether oxygens (including phenoxy) is 1. The first kappa shape index (κ1) is 15.8. The summed E-state index contributed by atoms with van der Waals surface area (Å²) in [6.45, 7) is -0.181. The van der Waals surface area contributed by atoms with Gasteiger partial charge in [0.2, 0.25) is 0 Å². The Kier molecular flexibility index (Phi) is 4.07. The smallest absolute Gasteiger partial charge is 0.344 e. The number of amides is 1. The van der Waals surface area contributed by atoms with E-state index in [1.807, 2.05) is 18.2 Å². The van der Waals surface area contributed by atoms with Crippen LogP contribution in [0.3, 0.4) is 0 Å². The van der Waals surface area contributed by atoms with Crippen molar-refractivity contribution in [3.05, 3.63) is 77.3 Å². The van der Waals surface area contributed by atoms with Crippen LogP contribution in [0.5, 0.6) is 5.75 Å². The molecule has 6 nitrogen and oxygen atoms in total. The Balaban J connectivity index is 1.55. The Labute approximate surface area is 148 Å². The first-order valence-electron chi connectivity index (χ1n) is 8.00. The number of benzene rings is 2. The van der Waals surface area contributed by atoms with Gasteiger partial charge in [0.1, 0.15) is 17.2 Å². The molecule has 6 heteroatoms.